The molecule has 214 valence electrons. The van der Waals surface area contributed by atoms with Crippen LogP contribution in [0.25, 0.3) is 0 Å². The molecule has 3 aromatic rings. The van der Waals surface area contributed by atoms with Crippen molar-refractivity contribution in [2.24, 2.45) is 0 Å². The van der Waals surface area contributed by atoms with E-state index >= 15 is 0 Å². The normalized spacial score (nSPS) is 16.0. The molecule has 1 saturated heterocycles. The third-order valence-electron chi connectivity index (χ3n) is 7.58. The predicted molar refractivity (Wildman–Crippen MR) is 149 cm³/mol. The van der Waals surface area contributed by atoms with E-state index in [9.17, 15) is 17.6 Å². The fourth-order valence-corrected chi connectivity index (χ4v) is 7.42. The fraction of sp³-hybridized carbons (Fsp3) is 0.433. The number of nitrogens with zero attached hydrogens (tertiary/aromatic N) is 2. The van der Waals surface area contributed by atoms with E-state index in [0.717, 1.165) is 38.8 Å². The minimum atomic E-state index is -3.82. The highest BCUT2D eigenvalue weighted by Crippen LogP contribution is 2.36. The molecular weight excluding hydrogens is 533 g/mol. The molecule has 5 rings (SSSR count). The molecule has 1 aromatic heterocycles. The van der Waals surface area contributed by atoms with Crippen LogP contribution in [0.5, 0.6) is 5.75 Å². The molecule has 1 aliphatic carbocycles. The van der Waals surface area contributed by atoms with Crippen molar-refractivity contribution in [3.05, 3.63) is 82.1 Å². The fourth-order valence-electron chi connectivity index (χ4n) is 5.36. The van der Waals surface area contributed by atoms with Gasteiger partial charge in [0.25, 0.3) is 5.91 Å². The van der Waals surface area contributed by atoms with Gasteiger partial charge in [-0.15, -0.1) is 0 Å². The van der Waals surface area contributed by atoms with Crippen LogP contribution in [0.3, 0.4) is 0 Å². The number of carbonyl (C=O) groups is 1. The summed E-state index contributed by atoms with van der Waals surface area (Å²) in [6.45, 7) is 6.30. The zero-order valence-corrected chi connectivity index (χ0v) is 24.0. The highest BCUT2D eigenvalue weighted by atomic mass is 32.2. The number of hydrogen-bond donors (Lipinski definition) is 1. The Morgan fingerprint density at radius 2 is 1.82 bits per heavy atom. The number of nitrogens with one attached hydrogen (secondary N) is 1. The van der Waals surface area contributed by atoms with Gasteiger partial charge in [-0.1, -0.05) is 12.1 Å². The Morgan fingerprint density at radius 3 is 2.45 bits per heavy atom. The molecule has 40 heavy (non-hydrogen) atoms. The highest BCUT2D eigenvalue weighted by Gasteiger charge is 2.40. The summed E-state index contributed by atoms with van der Waals surface area (Å²) in [5.41, 5.74) is 2.83. The van der Waals surface area contributed by atoms with Crippen molar-refractivity contribution >= 4 is 15.9 Å². The maximum atomic E-state index is 14.6. The largest absolute Gasteiger partial charge is 0.497 e. The van der Waals surface area contributed by atoms with Crippen LogP contribution >= 0.6 is 0 Å². The topological polar surface area (TPSA) is 92.1 Å². The summed E-state index contributed by atoms with van der Waals surface area (Å²) >= 11 is 0. The van der Waals surface area contributed by atoms with Gasteiger partial charge in [0.1, 0.15) is 23.6 Å². The van der Waals surface area contributed by atoms with E-state index < -0.39 is 10.0 Å². The predicted octanol–water partition coefficient (Wildman–Crippen LogP) is 4.92. The third-order valence-corrected chi connectivity index (χ3v) is 9.79. The Labute approximate surface area is 235 Å². The summed E-state index contributed by atoms with van der Waals surface area (Å²) in [7, 11) is -2.27. The number of sulfonamides is 1. The van der Waals surface area contributed by atoms with Gasteiger partial charge in [0.15, 0.2) is 0 Å². The van der Waals surface area contributed by atoms with Gasteiger partial charge in [-0.25, -0.2) is 12.8 Å². The Bertz CT molecular complexity index is 1470. The third kappa shape index (κ3) is 6.24. The molecule has 8 nitrogen and oxygen atoms in total. The standard InChI is InChI=1S/C30H36FN3O5S/c1-20-12-26(38-3)13-21(2)29(20)40(36,37)34(25-8-9-25)18-27-15-24(19-39-27)30(35)32-16-22-6-7-23(28(31)14-22)17-33-10-4-5-11-33/h6-7,12-15,19,25H,4-5,8-11,16-18H2,1-3H3,(H,32,35). The van der Waals surface area contributed by atoms with Crippen LogP contribution in [0.15, 0.2) is 52.0 Å². The Balaban J connectivity index is 1.24. The minimum Gasteiger partial charge on any atom is -0.497 e. The second-order valence-electron chi connectivity index (χ2n) is 10.8. The number of methoxy groups -OCH3 is 1. The lowest BCUT2D eigenvalue weighted by molar-refractivity contribution is 0.0950. The minimum absolute atomic E-state index is 0.0227. The molecule has 0 radical (unpaired) electrons. The maximum absolute atomic E-state index is 14.6. The van der Waals surface area contributed by atoms with Crippen LogP contribution in [-0.2, 0) is 29.7 Å². The van der Waals surface area contributed by atoms with Crippen molar-refractivity contribution in [1.29, 1.82) is 0 Å². The maximum Gasteiger partial charge on any atom is 0.254 e. The molecule has 1 N–H and O–H groups in total. The summed E-state index contributed by atoms with van der Waals surface area (Å²) in [6, 6.07) is 9.96. The Kier molecular flexibility index (Phi) is 8.30. The summed E-state index contributed by atoms with van der Waals surface area (Å²) in [5.74, 6) is 0.336. The smallest absolute Gasteiger partial charge is 0.254 e. The van der Waals surface area contributed by atoms with Crippen molar-refractivity contribution in [2.45, 2.75) is 70.1 Å². The van der Waals surface area contributed by atoms with Crippen molar-refractivity contribution in [3.8, 4) is 5.75 Å². The molecule has 1 saturated carbocycles. The van der Waals surface area contributed by atoms with Gasteiger partial charge in [-0.3, -0.25) is 9.69 Å². The van der Waals surface area contributed by atoms with Crippen LogP contribution in [0.4, 0.5) is 4.39 Å². The number of carbonyl (C=O) groups excluding carboxylic acids is 1. The van der Waals surface area contributed by atoms with Gasteiger partial charge in [-0.2, -0.15) is 4.31 Å². The number of aryl methyl sites for hydroxylation is 2. The van der Waals surface area contributed by atoms with Crippen LogP contribution in [0, 0.1) is 19.7 Å². The molecule has 2 heterocycles. The first kappa shape index (κ1) is 28.3. The zero-order chi connectivity index (χ0) is 28.4. The molecule has 2 aromatic carbocycles. The van der Waals surface area contributed by atoms with E-state index in [0.29, 0.717) is 40.3 Å². The van der Waals surface area contributed by atoms with Gasteiger partial charge < -0.3 is 14.5 Å². The van der Waals surface area contributed by atoms with E-state index in [-0.39, 0.29) is 41.3 Å². The summed E-state index contributed by atoms with van der Waals surface area (Å²) < 4.78 is 54.5. The number of halogens is 1. The SMILES string of the molecule is COc1cc(C)c(S(=O)(=O)N(Cc2cc(C(=O)NCc3ccc(CN4CCCC4)c(F)c3)co2)C2CC2)c(C)c1. The molecule has 0 unspecified atom stereocenters. The average Bonchev–Trinajstić information content (AvgIpc) is 3.40. The first-order valence-corrected chi connectivity index (χ1v) is 15.1. The Hall–Kier alpha value is -3.21. The van der Waals surface area contributed by atoms with Crippen molar-refractivity contribution in [2.75, 3.05) is 20.2 Å². The zero-order valence-electron chi connectivity index (χ0n) is 23.2. The van der Waals surface area contributed by atoms with E-state index in [4.69, 9.17) is 9.15 Å². The van der Waals surface area contributed by atoms with Crippen LogP contribution in [0.1, 0.15) is 64.1 Å². The molecule has 1 amide bonds. The summed E-state index contributed by atoms with van der Waals surface area (Å²) in [4.78, 5) is 15.3. The number of hydrogen-bond acceptors (Lipinski definition) is 6. The first-order chi connectivity index (χ1) is 19.2. The quantitative estimate of drug-likeness (QED) is 0.352. The second kappa shape index (κ2) is 11.7. The van der Waals surface area contributed by atoms with Crippen LogP contribution in [0.2, 0.25) is 0 Å². The van der Waals surface area contributed by atoms with Crippen molar-refractivity contribution in [3.63, 3.8) is 0 Å². The number of likely N-dealkylation sites (tertiary alicyclic amines) is 1. The average molecular weight is 570 g/mol. The van der Waals surface area contributed by atoms with Gasteiger partial charge >= 0.3 is 0 Å². The van der Waals surface area contributed by atoms with Gasteiger partial charge in [0.05, 0.1) is 24.1 Å². The van der Waals surface area contributed by atoms with Gasteiger partial charge in [-0.05, 0) is 93.6 Å². The van der Waals surface area contributed by atoms with E-state index in [1.807, 2.05) is 6.07 Å². The number of furan rings is 1. The highest BCUT2D eigenvalue weighted by molar-refractivity contribution is 7.89. The number of benzene rings is 2. The molecule has 0 bridgehead atoms. The Morgan fingerprint density at radius 1 is 1.12 bits per heavy atom. The molecule has 2 aliphatic rings. The van der Waals surface area contributed by atoms with Crippen molar-refractivity contribution < 1.29 is 26.8 Å². The van der Waals surface area contributed by atoms with E-state index in [2.05, 4.69) is 10.2 Å². The van der Waals surface area contributed by atoms with Crippen LogP contribution < -0.4 is 10.1 Å². The number of amides is 1. The molecule has 2 fully saturated rings. The van der Waals surface area contributed by atoms with Gasteiger partial charge in [0, 0.05) is 24.7 Å². The summed E-state index contributed by atoms with van der Waals surface area (Å²) in [6.07, 6.45) is 5.17. The van der Waals surface area contributed by atoms with Gasteiger partial charge in [0.2, 0.25) is 10.0 Å². The second-order valence-corrected chi connectivity index (χ2v) is 12.6. The number of ether oxygens (including phenoxy) is 1. The van der Waals surface area contributed by atoms with E-state index in [1.54, 1.807) is 45.2 Å². The first-order valence-electron chi connectivity index (χ1n) is 13.7. The number of rotatable bonds is 11. The molecular formula is C30H36FN3O5S. The molecule has 10 heteroatoms. The molecule has 0 atom stereocenters. The van der Waals surface area contributed by atoms with Crippen molar-refractivity contribution in [1.82, 2.24) is 14.5 Å². The lowest BCUT2D eigenvalue weighted by Gasteiger charge is -2.23. The molecule has 1 aliphatic heterocycles. The molecule has 0 spiro atoms. The summed E-state index contributed by atoms with van der Waals surface area (Å²) in [5, 5.41) is 2.80. The lowest BCUT2D eigenvalue weighted by Crippen LogP contribution is -2.33. The monoisotopic (exact) mass is 569 g/mol. The lowest BCUT2D eigenvalue weighted by atomic mass is 10.1. The van der Waals surface area contributed by atoms with Crippen LogP contribution in [-0.4, -0.2) is 49.8 Å². The van der Waals surface area contributed by atoms with E-state index in [1.165, 1.54) is 16.6 Å².